The van der Waals surface area contributed by atoms with E-state index in [0.29, 0.717) is 23.8 Å². The first-order chi connectivity index (χ1) is 12.0. The number of methoxy groups -OCH3 is 1. The molecule has 0 saturated carbocycles. The topological polar surface area (TPSA) is 67.6 Å². The number of likely N-dealkylation sites (tertiary alicyclic amines) is 1. The smallest absolute Gasteiger partial charge is 0.322 e. The molecule has 1 N–H and O–H groups in total. The highest BCUT2D eigenvalue weighted by Crippen LogP contribution is 2.31. The van der Waals surface area contributed by atoms with Crippen molar-refractivity contribution in [3.8, 4) is 5.75 Å². The summed E-state index contributed by atoms with van der Waals surface area (Å²) in [7, 11) is 1.66. The molecule has 1 aromatic heterocycles. The summed E-state index contributed by atoms with van der Waals surface area (Å²) in [5, 5.41) is 6.96. The Bertz CT molecular complexity index is 737. The van der Waals surface area contributed by atoms with E-state index in [4.69, 9.17) is 9.26 Å². The number of urea groups is 1. The summed E-state index contributed by atoms with van der Waals surface area (Å²) in [6.45, 7) is 7.33. The van der Waals surface area contributed by atoms with Crippen LogP contribution < -0.4 is 10.1 Å². The van der Waals surface area contributed by atoms with Gasteiger partial charge in [0, 0.05) is 24.9 Å². The summed E-state index contributed by atoms with van der Waals surface area (Å²) in [5.74, 6) is 2.09. The molecule has 2 heterocycles. The van der Waals surface area contributed by atoms with E-state index in [-0.39, 0.29) is 11.9 Å². The van der Waals surface area contributed by atoms with E-state index in [1.807, 2.05) is 37.8 Å². The summed E-state index contributed by atoms with van der Waals surface area (Å²) >= 11 is 0. The number of hydrogen-bond donors (Lipinski definition) is 1. The predicted octanol–water partition coefficient (Wildman–Crippen LogP) is 4.14. The third kappa shape index (κ3) is 3.62. The van der Waals surface area contributed by atoms with Crippen LogP contribution in [0.1, 0.15) is 49.1 Å². The molecule has 6 heteroatoms. The monoisotopic (exact) mass is 343 g/mol. The molecule has 0 aliphatic carbocycles. The summed E-state index contributed by atoms with van der Waals surface area (Å²) in [6.07, 6.45) is 0.958. The van der Waals surface area contributed by atoms with Crippen molar-refractivity contribution in [2.24, 2.45) is 0 Å². The van der Waals surface area contributed by atoms with Crippen LogP contribution >= 0.6 is 0 Å². The zero-order valence-electron chi connectivity index (χ0n) is 15.2. The number of anilines is 1. The number of nitrogens with zero attached hydrogens (tertiary/aromatic N) is 2. The van der Waals surface area contributed by atoms with Crippen molar-refractivity contribution < 1.29 is 14.1 Å². The molecular formula is C19H25N3O3. The molecule has 1 aliphatic rings. The fraction of sp³-hybridized carbons (Fsp3) is 0.474. The number of ether oxygens (including phenoxy) is 1. The quantitative estimate of drug-likeness (QED) is 0.906. The third-order valence-corrected chi connectivity index (χ3v) is 4.71. The van der Waals surface area contributed by atoms with Gasteiger partial charge in [-0.15, -0.1) is 0 Å². The van der Waals surface area contributed by atoms with Gasteiger partial charge in [-0.05, 0) is 31.0 Å². The van der Waals surface area contributed by atoms with E-state index in [1.165, 1.54) is 5.56 Å². The zero-order valence-corrected chi connectivity index (χ0v) is 15.2. The highest BCUT2D eigenvalue weighted by Gasteiger charge is 2.29. The number of carbonyl (C=O) groups is 1. The average molecular weight is 343 g/mol. The van der Waals surface area contributed by atoms with Crippen molar-refractivity contribution in [1.82, 2.24) is 10.1 Å². The predicted molar refractivity (Wildman–Crippen MR) is 96.3 cm³/mol. The molecule has 134 valence electrons. The molecule has 2 aromatic rings. The van der Waals surface area contributed by atoms with Gasteiger partial charge in [0.15, 0.2) is 5.76 Å². The number of hydrogen-bond acceptors (Lipinski definition) is 4. The second kappa shape index (κ2) is 7.17. The second-order valence-electron chi connectivity index (χ2n) is 6.80. The van der Waals surface area contributed by atoms with Crippen LogP contribution in [0.3, 0.4) is 0 Å². The molecule has 1 saturated heterocycles. The number of carbonyl (C=O) groups excluding carboxylic acids is 1. The van der Waals surface area contributed by atoms with Crippen molar-refractivity contribution in [1.29, 1.82) is 0 Å². The van der Waals surface area contributed by atoms with Crippen LogP contribution in [0.5, 0.6) is 5.75 Å². The molecular weight excluding hydrogens is 318 g/mol. The van der Waals surface area contributed by atoms with E-state index < -0.39 is 0 Å². The van der Waals surface area contributed by atoms with Crippen molar-refractivity contribution in [3.63, 3.8) is 0 Å². The first-order valence-corrected chi connectivity index (χ1v) is 8.65. The molecule has 1 aromatic carbocycles. The molecule has 1 aliphatic heterocycles. The van der Waals surface area contributed by atoms with Crippen LogP contribution in [0, 0.1) is 6.92 Å². The van der Waals surface area contributed by atoms with Crippen LogP contribution in [0.15, 0.2) is 28.8 Å². The van der Waals surface area contributed by atoms with E-state index in [9.17, 15) is 4.79 Å². The summed E-state index contributed by atoms with van der Waals surface area (Å²) < 4.78 is 10.5. The van der Waals surface area contributed by atoms with Crippen molar-refractivity contribution in [3.05, 3.63) is 41.3 Å². The highest BCUT2D eigenvalue weighted by atomic mass is 16.5. The largest absolute Gasteiger partial charge is 0.497 e. The SMILES string of the molecule is COc1ccc(C2CCN(C(=O)Nc3c(C)noc3C(C)C)C2)cc1. The Kier molecular flexibility index (Phi) is 4.97. The van der Waals surface area contributed by atoms with Gasteiger partial charge in [-0.25, -0.2) is 4.79 Å². The minimum atomic E-state index is -0.0933. The molecule has 6 nitrogen and oxygen atoms in total. The lowest BCUT2D eigenvalue weighted by Crippen LogP contribution is -2.33. The Hall–Kier alpha value is -2.50. The van der Waals surface area contributed by atoms with E-state index in [1.54, 1.807) is 7.11 Å². The zero-order chi connectivity index (χ0) is 18.0. The molecule has 3 rings (SSSR count). The third-order valence-electron chi connectivity index (χ3n) is 4.71. The van der Waals surface area contributed by atoms with Gasteiger partial charge in [-0.1, -0.05) is 31.1 Å². The van der Waals surface area contributed by atoms with Gasteiger partial charge in [0.25, 0.3) is 0 Å². The maximum atomic E-state index is 12.6. The van der Waals surface area contributed by atoms with Gasteiger partial charge < -0.3 is 19.5 Å². The van der Waals surface area contributed by atoms with Gasteiger partial charge in [0.2, 0.25) is 0 Å². The van der Waals surface area contributed by atoms with Crippen molar-refractivity contribution in [2.75, 3.05) is 25.5 Å². The summed E-state index contributed by atoms with van der Waals surface area (Å²) in [4.78, 5) is 14.5. The molecule has 0 radical (unpaired) electrons. The van der Waals surface area contributed by atoms with Crippen molar-refractivity contribution in [2.45, 2.75) is 39.0 Å². The normalized spacial score (nSPS) is 17.2. The summed E-state index contributed by atoms with van der Waals surface area (Å²) in [6, 6.07) is 7.99. The molecule has 1 atom stereocenters. The maximum absolute atomic E-state index is 12.6. The molecule has 1 unspecified atom stereocenters. The van der Waals surface area contributed by atoms with Gasteiger partial charge in [0.05, 0.1) is 7.11 Å². The van der Waals surface area contributed by atoms with Crippen LogP contribution in [0.25, 0.3) is 0 Å². The summed E-state index contributed by atoms with van der Waals surface area (Å²) in [5.41, 5.74) is 2.65. The van der Waals surface area contributed by atoms with Crippen LogP contribution in [-0.4, -0.2) is 36.3 Å². The Morgan fingerprint density at radius 3 is 2.72 bits per heavy atom. The van der Waals surface area contributed by atoms with Gasteiger partial charge in [-0.3, -0.25) is 0 Å². The molecule has 0 spiro atoms. The first-order valence-electron chi connectivity index (χ1n) is 8.65. The lowest BCUT2D eigenvalue weighted by Gasteiger charge is -2.18. The molecule has 25 heavy (non-hydrogen) atoms. The van der Waals surface area contributed by atoms with Crippen LogP contribution in [0.2, 0.25) is 0 Å². The van der Waals surface area contributed by atoms with Crippen LogP contribution in [0.4, 0.5) is 10.5 Å². The van der Waals surface area contributed by atoms with E-state index in [2.05, 4.69) is 22.6 Å². The average Bonchev–Trinajstić information content (AvgIpc) is 3.23. The number of rotatable bonds is 4. The second-order valence-corrected chi connectivity index (χ2v) is 6.80. The fourth-order valence-corrected chi connectivity index (χ4v) is 3.21. The van der Waals surface area contributed by atoms with E-state index >= 15 is 0 Å². The Balaban J connectivity index is 1.65. The number of amides is 2. The Morgan fingerprint density at radius 2 is 2.08 bits per heavy atom. The number of aromatic nitrogens is 1. The van der Waals surface area contributed by atoms with Gasteiger partial charge in [-0.2, -0.15) is 0 Å². The van der Waals surface area contributed by atoms with Crippen molar-refractivity contribution >= 4 is 11.7 Å². The lowest BCUT2D eigenvalue weighted by atomic mass is 9.98. The van der Waals surface area contributed by atoms with Crippen LogP contribution in [-0.2, 0) is 0 Å². The minimum absolute atomic E-state index is 0.0933. The van der Waals surface area contributed by atoms with Gasteiger partial charge >= 0.3 is 6.03 Å². The standard InChI is InChI=1S/C19H25N3O3/c1-12(2)18-17(13(3)21-25-18)20-19(23)22-10-9-15(11-22)14-5-7-16(24-4)8-6-14/h5-8,12,15H,9-11H2,1-4H3,(H,20,23). The van der Waals surface area contributed by atoms with E-state index in [0.717, 1.165) is 24.5 Å². The molecule has 1 fully saturated rings. The fourth-order valence-electron chi connectivity index (χ4n) is 3.21. The number of nitrogens with one attached hydrogen (secondary N) is 1. The molecule has 0 bridgehead atoms. The maximum Gasteiger partial charge on any atom is 0.322 e. The molecule has 2 amide bonds. The lowest BCUT2D eigenvalue weighted by molar-refractivity contribution is 0.222. The first kappa shape index (κ1) is 17.3. The number of benzene rings is 1. The Morgan fingerprint density at radius 1 is 1.36 bits per heavy atom. The number of aryl methyl sites for hydroxylation is 1. The minimum Gasteiger partial charge on any atom is -0.497 e. The Labute approximate surface area is 148 Å². The van der Waals surface area contributed by atoms with Gasteiger partial charge in [0.1, 0.15) is 17.1 Å². The highest BCUT2D eigenvalue weighted by molar-refractivity contribution is 5.90.